The van der Waals surface area contributed by atoms with Crippen LogP contribution in [0.3, 0.4) is 0 Å². The van der Waals surface area contributed by atoms with Gasteiger partial charge >= 0.3 is 5.97 Å². The van der Waals surface area contributed by atoms with E-state index in [1.807, 2.05) is 6.07 Å². The average Bonchev–Trinajstić information content (AvgIpc) is 2.18. The van der Waals surface area contributed by atoms with Gasteiger partial charge in [-0.15, -0.1) is 0 Å². The topological polar surface area (TPSA) is 50.1 Å². The van der Waals surface area contributed by atoms with Crippen molar-refractivity contribution >= 4 is 17.6 Å². The zero-order chi connectivity index (χ0) is 10.4. The Hall–Kier alpha value is -1.53. The highest BCUT2D eigenvalue weighted by Gasteiger charge is 2.06. The van der Waals surface area contributed by atoms with Gasteiger partial charge in [0.1, 0.15) is 5.75 Å². The summed E-state index contributed by atoms with van der Waals surface area (Å²) >= 11 is 5.76. The highest BCUT2D eigenvalue weighted by atomic mass is 35.5. The predicted molar refractivity (Wildman–Crippen MR) is 51.9 cm³/mol. The van der Waals surface area contributed by atoms with Crippen LogP contribution in [-0.4, -0.2) is 5.97 Å². The average molecular weight is 210 g/mol. The van der Waals surface area contributed by atoms with Crippen LogP contribution in [0.15, 0.2) is 24.3 Å². The van der Waals surface area contributed by atoms with Crippen LogP contribution in [0.1, 0.15) is 12.8 Å². The van der Waals surface area contributed by atoms with E-state index >= 15 is 0 Å². The van der Waals surface area contributed by atoms with E-state index in [4.69, 9.17) is 21.6 Å². The first-order valence-electron chi connectivity index (χ1n) is 4.06. The molecular weight excluding hydrogens is 202 g/mol. The lowest BCUT2D eigenvalue weighted by Gasteiger charge is -2.03. The van der Waals surface area contributed by atoms with Crippen LogP contribution in [0.25, 0.3) is 0 Å². The lowest BCUT2D eigenvalue weighted by molar-refractivity contribution is -0.134. The second-order valence-electron chi connectivity index (χ2n) is 2.56. The number of nitriles is 1. The van der Waals surface area contributed by atoms with Gasteiger partial charge in [-0.3, -0.25) is 4.79 Å². The summed E-state index contributed by atoms with van der Waals surface area (Å²) in [5.41, 5.74) is 0. The molecule has 0 N–H and O–H groups in total. The SMILES string of the molecule is N#CCCC(=O)Oc1ccccc1Cl. The van der Waals surface area contributed by atoms with E-state index in [0.29, 0.717) is 10.8 Å². The van der Waals surface area contributed by atoms with E-state index in [2.05, 4.69) is 0 Å². The molecule has 0 bridgehead atoms. The molecule has 14 heavy (non-hydrogen) atoms. The molecule has 72 valence electrons. The number of hydrogen-bond acceptors (Lipinski definition) is 3. The molecule has 0 heterocycles. The molecule has 0 aromatic heterocycles. The number of para-hydroxylation sites is 1. The third-order valence-corrected chi connectivity index (χ3v) is 1.81. The number of benzene rings is 1. The molecule has 0 radical (unpaired) electrons. The molecule has 1 rings (SSSR count). The number of carbonyl (C=O) groups is 1. The highest BCUT2D eigenvalue weighted by molar-refractivity contribution is 6.32. The first kappa shape index (κ1) is 10.6. The molecule has 0 amide bonds. The fourth-order valence-electron chi connectivity index (χ4n) is 0.859. The molecule has 0 saturated carbocycles. The summed E-state index contributed by atoms with van der Waals surface area (Å²) in [6.45, 7) is 0. The minimum Gasteiger partial charge on any atom is -0.425 e. The first-order chi connectivity index (χ1) is 6.74. The minimum atomic E-state index is -0.445. The Morgan fingerprint density at radius 2 is 2.21 bits per heavy atom. The van der Waals surface area contributed by atoms with Crippen LogP contribution in [0.2, 0.25) is 5.02 Å². The van der Waals surface area contributed by atoms with Crippen molar-refractivity contribution in [3.05, 3.63) is 29.3 Å². The van der Waals surface area contributed by atoms with Gasteiger partial charge in [-0.2, -0.15) is 5.26 Å². The molecule has 0 aliphatic rings. The van der Waals surface area contributed by atoms with Crippen LogP contribution < -0.4 is 4.74 Å². The summed E-state index contributed by atoms with van der Waals surface area (Å²) in [5.74, 6) is -0.114. The maximum absolute atomic E-state index is 11.1. The summed E-state index contributed by atoms with van der Waals surface area (Å²) < 4.78 is 4.93. The fraction of sp³-hybridized carbons (Fsp3) is 0.200. The Bertz CT molecular complexity index is 371. The van der Waals surface area contributed by atoms with Crippen molar-refractivity contribution in [3.8, 4) is 11.8 Å². The molecule has 1 aromatic carbocycles. The number of ether oxygens (including phenoxy) is 1. The van der Waals surface area contributed by atoms with E-state index < -0.39 is 5.97 Å². The van der Waals surface area contributed by atoms with Gasteiger partial charge in [0.15, 0.2) is 0 Å². The number of halogens is 1. The zero-order valence-electron chi connectivity index (χ0n) is 7.37. The van der Waals surface area contributed by atoms with Crippen molar-refractivity contribution in [2.24, 2.45) is 0 Å². The van der Waals surface area contributed by atoms with E-state index in [-0.39, 0.29) is 12.8 Å². The van der Waals surface area contributed by atoms with Crippen molar-refractivity contribution in [1.29, 1.82) is 5.26 Å². The first-order valence-corrected chi connectivity index (χ1v) is 4.44. The number of nitrogens with zero attached hydrogens (tertiary/aromatic N) is 1. The largest absolute Gasteiger partial charge is 0.425 e. The van der Waals surface area contributed by atoms with Crippen LogP contribution >= 0.6 is 11.6 Å². The van der Waals surface area contributed by atoms with Crippen LogP contribution in [-0.2, 0) is 4.79 Å². The lowest BCUT2D eigenvalue weighted by Crippen LogP contribution is -2.07. The summed E-state index contributed by atoms with van der Waals surface area (Å²) in [5, 5.41) is 8.64. The van der Waals surface area contributed by atoms with E-state index in [1.165, 1.54) is 0 Å². The second-order valence-corrected chi connectivity index (χ2v) is 2.97. The number of hydrogen-bond donors (Lipinski definition) is 0. The predicted octanol–water partition coefficient (Wildman–Crippen LogP) is 2.55. The second kappa shape index (κ2) is 5.25. The Labute approximate surface area is 86.9 Å². The fourth-order valence-corrected chi connectivity index (χ4v) is 1.03. The van der Waals surface area contributed by atoms with Gasteiger partial charge in [0.2, 0.25) is 0 Å². The van der Waals surface area contributed by atoms with Crippen LogP contribution in [0.5, 0.6) is 5.75 Å². The van der Waals surface area contributed by atoms with E-state index in [0.717, 1.165) is 0 Å². The summed E-state index contributed by atoms with van der Waals surface area (Å²) in [4.78, 5) is 11.1. The van der Waals surface area contributed by atoms with Gasteiger partial charge < -0.3 is 4.74 Å². The van der Waals surface area contributed by atoms with Gasteiger partial charge in [0.05, 0.1) is 17.5 Å². The molecule has 0 saturated heterocycles. The maximum atomic E-state index is 11.1. The standard InChI is InChI=1S/C10H8ClNO2/c11-8-4-1-2-5-9(8)14-10(13)6-3-7-12/h1-2,4-5H,3,6H2. The smallest absolute Gasteiger partial charge is 0.312 e. The molecule has 4 heteroatoms. The Kier molecular flexibility index (Phi) is 3.96. The Morgan fingerprint density at radius 1 is 1.50 bits per heavy atom. The van der Waals surface area contributed by atoms with Crippen LogP contribution in [0.4, 0.5) is 0 Å². The quantitative estimate of drug-likeness (QED) is 0.568. The van der Waals surface area contributed by atoms with Gasteiger partial charge in [-0.25, -0.2) is 0 Å². The summed E-state index contributed by atoms with van der Waals surface area (Å²) in [6.07, 6.45) is 0.241. The van der Waals surface area contributed by atoms with Crippen molar-refractivity contribution < 1.29 is 9.53 Å². The number of carbonyl (C=O) groups excluding carboxylic acids is 1. The molecule has 0 unspecified atom stereocenters. The highest BCUT2D eigenvalue weighted by Crippen LogP contribution is 2.23. The number of esters is 1. The Balaban J connectivity index is 2.57. The summed E-state index contributed by atoms with van der Waals surface area (Å²) in [7, 11) is 0. The minimum absolute atomic E-state index is 0.0850. The zero-order valence-corrected chi connectivity index (χ0v) is 8.12. The van der Waals surface area contributed by atoms with Gasteiger partial charge in [-0.1, -0.05) is 23.7 Å². The van der Waals surface area contributed by atoms with Crippen molar-refractivity contribution in [1.82, 2.24) is 0 Å². The van der Waals surface area contributed by atoms with E-state index in [1.54, 1.807) is 24.3 Å². The monoisotopic (exact) mass is 209 g/mol. The molecular formula is C10H8ClNO2. The Morgan fingerprint density at radius 3 is 2.86 bits per heavy atom. The van der Waals surface area contributed by atoms with Crippen LogP contribution in [0, 0.1) is 11.3 Å². The lowest BCUT2D eigenvalue weighted by atomic mass is 10.3. The molecule has 3 nitrogen and oxygen atoms in total. The summed E-state index contributed by atoms with van der Waals surface area (Å²) in [6, 6.07) is 8.57. The maximum Gasteiger partial charge on any atom is 0.312 e. The molecule has 0 aliphatic heterocycles. The van der Waals surface area contributed by atoms with Crippen molar-refractivity contribution in [2.45, 2.75) is 12.8 Å². The van der Waals surface area contributed by atoms with Gasteiger partial charge in [0.25, 0.3) is 0 Å². The number of rotatable bonds is 3. The van der Waals surface area contributed by atoms with Crippen molar-refractivity contribution in [3.63, 3.8) is 0 Å². The van der Waals surface area contributed by atoms with Gasteiger partial charge in [0, 0.05) is 6.42 Å². The van der Waals surface area contributed by atoms with Crippen molar-refractivity contribution in [2.75, 3.05) is 0 Å². The molecule has 1 aromatic rings. The molecule has 0 aliphatic carbocycles. The van der Waals surface area contributed by atoms with Gasteiger partial charge in [-0.05, 0) is 12.1 Å². The molecule has 0 atom stereocenters. The third kappa shape index (κ3) is 3.08. The normalized spacial score (nSPS) is 9.14. The molecule has 0 fully saturated rings. The van der Waals surface area contributed by atoms with E-state index in [9.17, 15) is 4.79 Å². The molecule has 0 spiro atoms. The third-order valence-electron chi connectivity index (χ3n) is 1.50.